The lowest BCUT2D eigenvalue weighted by Gasteiger charge is -2.41. The molecule has 1 aromatic heterocycles. The zero-order valence-corrected chi connectivity index (χ0v) is 8.66. The molecular weight excluding hydrogens is 176 g/mol. The quantitative estimate of drug-likeness (QED) is 0.757. The molecule has 0 aliphatic heterocycles. The zero-order valence-electron chi connectivity index (χ0n) is 8.66. The molecule has 1 saturated carbocycles. The Bertz CT molecular complexity index is 295. The van der Waals surface area contributed by atoms with Crippen LogP contribution < -0.4 is 11.1 Å². The second-order valence-electron chi connectivity index (χ2n) is 4.00. The molecule has 3 N–H and O–H groups in total. The molecule has 1 aromatic rings. The van der Waals surface area contributed by atoms with E-state index in [0.29, 0.717) is 6.54 Å². The number of aryl methyl sites for hydroxylation is 1. The van der Waals surface area contributed by atoms with Gasteiger partial charge >= 0.3 is 0 Å². The van der Waals surface area contributed by atoms with E-state index in [4.69, 9.17) is 5.73 Å². The van der Waals surface area contributed by atoms with Crippen LogP contribution in [0, 0.1) is 0 Å². The monoisotopic (exact) mass is 194 g/mol. The highest BCUT2D eigenvalue weighted by Gasteiger charge is 2.36. The molecule has 0 aromatic carbocycles. The summed E-state index contributed by atoms with van der Waals surface area (Å²) in [5, 5.41) is 3.47. The van der Waals surface area contributed by atoms with Gasteiger partial charge in [0.15, 0.2) is 0 Å². The van der Waals surface area contributed by atoms with Crippen LogP contribution in [0.25, 0.3) is 0 Å². The number of anilines is 1. The first-order valence-electron chi connectivity index (χ1n) is 5.29. The maximum Gasteiger partial charge on any atom is 0.203 e. The standard InChI is InChI=1S/C10H18N4/c1-2-14-7-6-12-9(14)13-10(8-11)4-3-5-10/h6-7H,2-5,8,11H2,1H3,(H,12,13). The van der Waals surface area contributed by atoms with Crippen LogP contribution in [0.15, 0.2) is 12.4 Å². The van der Waals surface area contributed by atoms with E-state index in [1.807, 2.05) is 12.4 Å². The fraction of sp³-hybridized carbons (Fsp3) is 0.700. The summed E-state index contributed by atoms with van der Waals surface area (Å²) in [6.45, 7) is 3.76. The van der Waals surface area contributed by atoms with Crippen LogP contribution in [-0.2, 0) is 6.54 Å². The molecule has 2 rings (SSSR count). The van der Waals surface area contributed by atoms with Crippen molar-refractivity contribution in [3.8, 4) is 0 Å². The van der Waals surface area contributed by atoms with Gasteiger partial charge in [0.05, 0.1) is 5.54 Å². The highest BCUT2D eigenvalue weighted by molar-refractivity contribution is 5.32. The molecule has 0 atom stereocenters. The first-order chi connectivity index (χ1) is 6.79. The molecule has 1 aliphatic carbocycles. The average molecular weight is 194 g/mol. The predicted octanol–water partition coefficient (Wildman–Crippen LogP) is 1.20. The molecule has 14 heavy (non-hydrogen) atoms. The fourth-order valence-electron chi connectivity index (χ4n) is 1.91. The van der Waals surface area contributed by atoms with Crippen molar-refractivity contribution in [2.75, 3.05) is 11.9 Å². The van der Waals surface area contributed by atoms with Crippen molar-refractivity contribution in [1.82, 2.24) is 9.55 Å². The largest absolute Gasteiger partial charge is 0.349 e. The Labute approximate surface area is 84.5 Å². The molecule has 0 bridgehead atoms. The van der Waals surface area contributed by atoms with Gasteiger partial charge in [0.1, 0.15) is 0 Å². The Morgan fingerprint density at radius 1 is 1.64 bits per heavy atom. The van der Waals surface area contributed by atoms with Crippen molar-refractivity contribution >= 4 is 5.95 Å². The summed E-state index contributed by atoms with van der Waals surface area (Å²) in [7, 11) is 0. The lowest BCUT2D eigenvalue weighted by molar-refractivity contribution is 0.284. The van der Waals surface area contributed by atoms with Crippen LogP contribution in [0.3, 0.4) is 0 Å². The molecule has 0 unspecified atom stereocenters. The zero-order chi connectivity index (χ0) is 10.0. The molecule has 0 radical (unpaired) electrons. The minimum absolute atomic E-state index is 0.123. The Kier molecular flexibility index (Phi) is 2.46. The van der Waals surface area contributed by atoms with Crippen LogP contribution in [0.1, 0.15) is 26.2 Å². The number of aromatic nitrogens is 2. The first kappa shape index (κ1) is 9.52. The van der Waals surface area contributed by atoms with Gasteiger partial charge in [0.25, 0.3) is 0 Å². The molecule has 4 heteroatoms. The SMILES string of the molecule is CCn1ccnc1NC1(CN)CCC1. The van der Waals surface area contributed by atoms with E-state index in [1.165, 1.54) is 19.3 Å². The maximum absolute atomic E-state index is 5.78. The van der Waals surface area contributed by atoms with E-state index in [1.54, 1.807) is 0 Å². The van der Waals surface area contributed by atoms with Gasteiger partial charge in [0, 0.05) is 25.5 Å². The fourth-order valence-corrected chi connectivity index (χ4v) is 1.91. The van der Waals surface area contributed by atoms with Crippen LogP contribution >= 0.6 is 0 Å². The van der Waals surface area contributed by atoms with Crippen molar-refractivity contribution in [1.29, 1.82) is 0 Å². The van der Waals surface area contributed by atoms with Crippen LogP contribution in [0.2, 0.25) is 0 Å². The highest BCUT2D eigenvalue weighted by atomic mass is 15.2. The second-order valence-corrected chi connectivity index (χ2v) is 4.00. The van der Waals surface area contributed by atoms with Crippen LogP contribution in [-0.4, -0.2) is 21.6 Å². The molecule has 4 nitrogen and oxygen atoms in total. The molecule has 0 spiro atoms. The van der Waals surface area contributed by atoms with E-state index in [9.17, 15) is 0 Å². The van der Waals surface area contributed by atoms with Crippen molar-refractivity contribution in [3.63, 3.8) is 0 Å². The maximum atomic E-state index is 5.78. The summed E-state index contributed by atoms with van der Waals surface area (Å²) in [5.41, 5.74) is 5.90. The molecule has 0 amide bonds. The summed E-state index contributed by atoms with van der Waals surface area (Å²) >= 11 is 0. The van der Waals surface area contributed by atoms with Gasteiger partial charge in [-0.05, 0) is 26.2 Å². The lowest BCUT2D eigenvalue weighted by Crippen LogP contribution is -2.51. The first-order valence-corrected chi connectivity index (χ1v) is 5.29. The Hall–Kier alpha value is -1.03. The third-order valence-electron chi connectivity index (χ3n) is 3.13. The van der Waals surface area contributed by atoms with E-state index < -0.39 is 0 Å². The number of hydrogen-bond acceptors (Lipinski definition) is 3. The summed E-state index contributed by atoms with van der Waals surface area (Å²) in [4.78, 5) is 4.30. The van der Waals surface area contributed by atoms with Crippen molar-refractivity contribution < 1.29 is 0 Å². The van der Waals surface area contributed by atoms with Crippen molar-refractivity contribution in [2.45, 2.75) is 38.3 Å². The molecule has 0 saturated heterocycles. The summed E-state index contributed by atoms with van der Waals surface area (Å²) in [6.07, 6.45) is 7.43. The minimum atomic E-state index is 0.123. The average Bonchev–Trinajstić information content (AvgIpc) is 2.58. The number of nitrogens with one attached hydrogen (secondary N) is 1. The summed E-state index contributed by atoms with van der Waals surface area (Å²) in [6, 6.07) is 0. The van der Waals surface area contributed by atoms with Crippen LogP contribution in [0.5, 0.6) is 0 Å². The van der Waals surface area contributed by atoms with Gasteiger partial charge < -0.3 is 15.6 Å². The van der Waals surface area contributed by atoms with Crippen molar-refractivity contribution in [2.24, 2.45) is 5.73 Å². The molecular formula is C10H18N4. The van der Waals surface area contributed by atoms with Gasteiger partial charge in [0.2, 0.25) is 5.95 Å². The molecule has 1 heterocycles. The van der Waals surface area contributed by atoms with E-state index in [0.717, 1.165) is 12.5 Å². The third kappa shape index (κ3) is 1.50. The lowest BCUT2D eigenvalue weighted by atomic mass is 9.77. The highest BCUT2D eigenvalue weighted by Crippen LogP contribution is 2.33. The topological polar surface area (TPSA) is 55.9 Å². The molecule has 1 fully saturated rings. The van der Waals surface area contributed by atoms with E-state index >= 15 is 0 Å². The minimum Gasteiger partial charge on any atom is -0.349 e. The Morgan fingerprint density at radius 2 is 2.43 bits per heavy atom. The smallest absolute Gasteiger partial charge is 0.203 e. The number of imidazole rings is 1. The van der Waals surface area contributed by atoms with Crippen LogP contribution in [0.4, 0.5) is 5.95 Å². The number of nitrogens with two attached hydrogens (primary N) is 1. The second kappa shape index (κ2) is 3.61. The number of nitrogens with zero attached hydrogens (tertiary/aromatic N) is 2. The van der Waals surface area contributed by atoms with E-state index in [2.05, 4.69) is 21.8 Å². The Balaban J connectivity index is 2.09. The van der Waals surface area contributed by atoms with Gasteiger partial charge in [-0.2, -0.15) is 0 Å². The number of hydrogen-bond donors (Lipinski definition) is 2. The molecule has 78 valence electrons. The van der Waals surface area contributed by atoms with Gasteiger partial charge in [-0.3, -0.25) is 0 Å². The normalized spacial score (nSPS) is 19.0. The van der Waals surface area contributed by atoms with Gasteiger partial charge in [-0.1, -0.05) is 0 Å². The van der Waals surface area contributed by atoms with Gasteiger partial charge in [-0.15, -0.1) is 0 Å². The van der Waals surface area contributed by atoms with Crippen molar-refractivity contribution in [3.05, 3.63) is 12.4 Å². The summed E-state index contributed by atoms with van der Waals surface area (Å²) in [5.74, 6) is 0.956. The predicted molar refractivity (Wildman–Crippen MR) is 57.2 cm³/mol. The third-order valence-corrected chi connectivity index (χ3v) is 3.13. The number of rotatable bonds is 4. The Morgan fingerprint density at radius 3 is 2.93 bits per heavy atom. The van der Waals surface area contributed by atoms with Gasteiger partial charge in [-0.25, -0.2) is 4.98 Å². The van der Waals surface area contributed by atoms with E-state index in [-0.39, 0.29) is 5.54 Å². The summed E-state index contributed by atoms with van der Waals surface area (Å²) < 4.78 is 2.11. The molecule has 1 aliphatic rings.